The maximum atomic E-state index is 5.34. The first kappa shape index (κ1) is 16.0. The predicted molar refractivity (Wildman–Crippen MR) is 82.1 cm³/mol. The minimum Gasteiger partial charge on any atom is -0.497 e. The van der Waals surface area contributed by atoms with Gasteiger partial charge in [0.2, 0.25) is 0 Å². The molecule has 17 heavy (non-hydrogen) atoms. The normalized spacial score (nSPS) is 10.3. The van der Waals surface area contributed by atoms with Crippen LogP contribution in [0.5, 0.6) is 5.75 Å². The van der Waals surface area contributed by atoms with Crippen LogP contribution in [0.1, 0.15) is 19.4 Å². The summed E-state index contributed by atoms with van der Waals surface area (Å²) < 4.78 is 5.19. The molecule has 0 heterocycles. The fourth-order valence-corrected chi connectivity index (χ4v) is 1.42. The van der Waals surface area contributed by atoms with Gasteiger partial charge in [-0.1, -0.05) is 26.0 Å². The molecular formula is C12H20IN3O. The highest BCUT2D eigenvalue weighted by molar-refractivity contribution is 14.0. The van der Waals surface area contributed by atoms with Crippen LogP contribution in [0.3, 0.4) is 0 Å². The zero-order valence-electron chi connectivity index (χ0n) is 10.4. The van der Waals surface area contributed by atoms with Gasteiger partial charge >= 0.3 is 0 Å². The standard InChI is InChI=1S/C12H19N3O.HI/c1-12(2,8-15-11(13)14)9-5-4-6-10(7-9)16-3;/h4-7H,8H2,1-3H3,(H4,13,14,15);1H. The molecule has 1 aromatic rings. The molecule has 1 aromatic carbocycles. The second kappa shape index (κ2) is 6.68. The molecule has 0 bridgehead atoms. The number of methoxy groups -OCH3 is 1. The van der Waals surface area contributed by atoms with Crippen molar-refractivity contribution in [1.29, 1.82) is 0 Å². The summed E-state index contributed by atoms with van der Waals surface area (Å²) in [6.07, 6.45) is 0. The van der Waals surface area contributed by atoms with Gasteiger partial charge in [-0.15, -0.1) is 24.0 Å². The topological polar surface area (TPSA) is 73.6 Å². The molecular weight excluding hydrogens is 329 g/mol. The Morgan fingerprint density at radius 2 is 2.00 bits per heavy atom. The fourth-order valence-electron chi connectivity index (χ4n) is 1.42. The quantitative estimate of drug-likeness (QED) is 0.495. The van der Waals surface area contributed by atoms with Gasteiger partial charge < -0.3 is 16.2 Å². The summed E-state index contributed by atoms with van der Waals surface area (Å²) in [7, 11) is 1.65. The maximum Gasteiger partial charge on any atom is 0.185 e. The van der Waals surface area contributed by atoms with E-state index in [0.717, 1.165) is 11.3 Å². The molecule has 0 atom stereocenters. The Kier molecular flexibility index (Phi) is 6.30. The van der Waals surface area contributed by atoms with Crippen LogP contribution in [-0.4, -0.2) is 19.6 Å². The average molecular weight is 349 g/mol. The molecule has 0 amide bonds. The van der Waals surface area contributed by atoms with Crippen LogP contribution < -0.4 is 16.2 Å². The van der Waals surface area contributed by atoms with Crippen molar-refractivity contribution in [1.82, 2.24) is 0 Å². The minimum atomic E-state index is -0.113. The number of guanidine groups is 1. The summed E-state index contributed by atoms with van der Waals surface area (Å²) >= 11 is 0. The SMILES string of the molecule is COc1cccc(C(C)(C)CN=C(N)N)c1.I. The van der Waals surface area contributed by atoms with Gasteiger partial charge in [0.05, 0.1) is 13.7 Å². The molecule has 5 heteroatoms. The number of rotatable bonds is 4. The Balaban J connectivity index is 0.00000256. The van der Waals surface area contributed by atoms with Crippen molar-refractivity contribution in [3.63, 3.8) is 0 Å². The van der Waals surface area contributed by atoms with Crippen molar-refractivity contribution in [3.8, 4) is 5.75 Å². The summed E-state index contributed by atoms with van der Waals surface area (Å²) in [4.78, 5) is 4.06. The van der Waals surface area contributed by atoms with E-state index in [9.17, 15) is 0 Å². The lowest BCUT2D eigenvalue weighted by Crippen LogP contribution is -2.28. The minimum absolute atomic E-state index is 0. The molecule has 96 valence electrons. The summed E-state index contributed by atoms with van der Waals surface area (Å²) in [6, 6.07) is 7.93. The van der Waals surface area contributed by atoms with Crippen molar-refractivity contribution in [3.05, 3.63) is 29.8 Å². The van der Waals surface area contributed by atoms with E-state index in [1.54, 1.807) is 7.11 Å². The molecule has 4 nitrogen and oxygen atoms in total. The molecule has 0 radical (unpaired) electrons. The average Bonchev–Trinajstić information content (AvgIpc) is 2.27. The highest BCUT2D eigenvalue weighted by Crippen LogP contribution is 2.26. The third-order valence-electron chi connectivity index (χ3n) is 2.51. The third-order valence-corrected chi connectivity index (χ3v) is 2.51. The molecule has 0 aromatic heterocycles. The van der Waals surface area contributed by atoms with Crippen LogP contribution >= 0.6 is 24.0 Å². The van der Waals surface area contributed by atoms with Crippen LogP contribution in [0.4, 0.5) is 0 Å². The number of hydrogen-bond donors (Lipinski definition) is 2. The highest BCUT2D eigenvalue weighted by Gasteiger charge is 2.20. The maximum absolute atomic E-state index is 5.34. The molecule has 0 spiro atoms. The number of aliphatic imine (C=N–C) groups is 1. The van der Waals surface area contributed by atoms with Crippen LogP contribution in [0, 0.1) is 0 Å². The Morgan fingerprint density at radius 3 is 2.53 bits per heavy atom. The Morgan fingerprint density at radius 1 is 1.35 bits per heavy atom. The number of hydrogen-bond acceptors (Lipinski definition) is 2. The zero-order valence-corrected chi connectivity index (χ0v) is 12.8. The molecule has 0 aliphatic heterocycles. The lowest BCUT2D eigenvalue weighted by molar-refractivity contribution is 0.412. The number of benzene rings is 1. The van der Waals surface area contributed by atoms with Gasteiger partial charge in [-0.2, -0.15) is 0 Å². The number of nitrogens with zero attached hydrogens (tertiary/aromatic N) is 1. The van der Waals surface area contributed by atoms with Gasteiger partial charge in [0, 0.05) is 5.41 Å². The van der Waals surface area contributed by atoms with E-state index in [0.29, 0.717) is 6.54 Å². The van der Waals surface area contributed by atoms with Crippen LogP contribution in [-0.2, 0) is 5.41 Å². The van der Waals surface area contributed by atoms with Crippen molar-refractivity contribution >= 4 is 29.9 Å². The van der Waals surface area contributed by atoms with Gasteiger partial charge in [0.1, 0.15) is 5.75 Å². The summed E-state index contributed by atoms with van der Waals surface area (Å²) in [5.74, 6) is 0.964. The lowest BCUT2D eigenvalue weighted by atomic mass is 9.85. The molecule has 1 rings (SSSR count). The first-order chi connectivity index (χ1) is 7.45. The summed E-state index contributed by atoms with van der Waals surface area (Å²) in [5.41, 5.74) is 11.7. The largest absolute Gasteiger partial charge is 0.497 e. The van der Waals surface area contributed by atoms with E-state index in [1.807, 2.05) is 24.3 Å². The Bertz CT molecular complexity index is 387. The van der Waals surface area contributed by atoms with Crippen LogP contribution in [0.2, 0.25) is 0 Å². The van der Waals surface area contributed by atoms with Gasteiger partial charge in [-0.25, -0.2) is 0 Å². The van der Waals surface area contributed by atoms with Gasteiger partial charge in [-0.05, 0) is 17.7 Å². The first-order valence-electron chi connectivity index (χ1n) is 5.15. The smallest absolute Gasteiger partial charge is 0.185 e. The van der Waals surface area contributed by atoms with Crippen molar-refractivity contribution < 1.29 is 4.74 Å². The van der Waals surface area contributed by atoms with Gasteiger partial charge in [0.25, 0.3) is 0 Å². The van der Waals surface area contributed by atoms with E-state index in [-0.39, 0.29) is 35.4 Å². The lowest BCUT2D eigenvalue weighted by Gasteiger charge is -2.23. The second-order valence-electron chi connectivity index (χ2n) is 4.36. The molecule has 0 saturated carbocycles. The van der Waals surface area contributed by atoms with Crippen molar-refractivity contribution in [2.24, 2.45) is 16.5 Å². The summed E-state index contributed by atoms with van der Waals surface area (Å²) in [6.45, 7) is 4.74. The zero-order chi connectivity index (χ0) is 12.2. The van der Waals surface area contributed by atoms with Crippen LogP contribution in [0.15, 0.2) is 29.3 Å². The summed E-state index contributed by atoms with van der Waals surface area (Å²) in [5, 5.41) is 0. The van der Waals surface area contributed by atoms with Gasteiger partial charge in [-0.3, -0.25) is 4.99 Å². The van der Waals surface area contributed by atoms with E-state index in [4.69, 9.17) is 16.2 Å². The second-order valence-corrected chi connectivity index (χ2v) is 4.36. The fraction of sp³-hybridized carbons (Fsp3) is 0.417. The monoisotopic (exact) mass is 349 g/mol. The van der Waals surface area contributed by atoms with E-state index in [2.05, 4.69) is 18.8 Å². The number of ether oxygens (including phenoxy) is 1. The number of nitrogens with two attached hydrogens (primary N) is 2. The Hall–Kier alpha value is -0.980. The van der Waals surface area contributed by atoms with Crippen molar-refractivity contribution in [2.45, 2.75) is 19.3 Å². The molecule has 0 saturated heterocycles. The first-order valence-corrected chi connectivity index (χ1v) is 5.15. The van der Waals surface area contributed by atoms with E-state index in [1.165, 1.54) is 0 Å². The number of halogens is 1. The molecule has 0 fully saturated rings. The van der Waals surface area contributed by atoms with Gasteiger partial charge in [0.15, 0.2) is 5.96 Å². The molecule has 0 aliphatic rings. The van der Waals surface area contributed by atoms with Crippen LogP contribution in [0.25, 0.3) is 0 Å². The highest BCUT2D eigenvalue weighted by atomic mass is 127. The molecule has 4 N–H and O–H groups in total. The predicted octanol–water partition coefficient (Wildman–Crippen LogP) is 1.86. The third kappa shape index (κ3) is 4.80. The van der Waals surface area contributed by atoms with E-state index < -0.39 is 0 Å². The Labute approximate surface area is 119 Å². The molecule has 0 aliphatic carbocycles. The van der Waals surface area contributed by atoms with Crippen molar-refractivity contribution in [2.75, 3.05) is 13.7 Å². The van der Waals surface area contributed by atoms with E-state index >= 15 is 0 Å². The molecule has 0 unspecified atom stereocenters.